The highest BCUT2D eigenvalue weighted by Crippen LogP contribution is 2.55. The molecular formula is C38H48N2O13. The second-order valence-electron chi connectivity index (χ2n) is 13.9. The first-order valence-electron chi connectivity index (χ1n) is 17.1. The van der Waals surface area contributed by atoms with Gasteiger partial charge in [-0.1, -0.05) is 51.1 Å². The summed E-state index contributed by atoms with van der Waals surface area (Å²) in [5.41, 5.74) is -0.978. The minimum absolute atomic E-state index is 0.00476. The van der Waals surface area contributed by atoms with E-state index in [4.69, 9.17) is 18.9 Å². The van der Waals surface area contributed by atoms with Gasteiger partial charge in [0.2, 0.25) is 0 Å². The van der Waals surface area contributed by atoms with Gasteiger partial charge in [-0.3, -0.25) is 14.4 Å². The second kappa shape index (κ2) is 15.9. The van der Waals surface area contributed by atoms with Crippen LogP contribution in [0.15, 0.2) is 41.3 Å². The third-order valence-electron chi connectivity index (χ3n) is 10.2. The molecule has 2 aromatic carbocycles. The zero-order valence-corrected chi connectivity index (χ0v) is 31.1. The van der Waals surface area contributed by atoms with E-state index in [0.29, 0.717) is 0 Å². The second-order valence-corrected chi connectivity index (χ2v) is 13.9. The van der Waals surface area contributed by atoms with E-state index in [9.17, 15) is 45.1 Å². The van der Waals surface area contributed by atoms with E-state index in [1.54, 1.807) is 33.8 Å². The summed E-state index contributed by atoms with van der Waals surface area (Å²) in [5, 5.41) is 71.2. The van der Waals surface area contributed by atoms with Crippen LogP contribution in [-0.4, -0.2) is 91.9 Å². The Balaban J connectivity index is 1.95. The summed E-state index contributed by atoms with van der Waals surface area (Å²) < 4.78 is 23.2. The van der Waals surface area contributed by atoms with Gasteiger partial charge in [-0.05, 0) is 19.9 Å². The van der Waals surface area contributed by atoms with Crippen LogP contribution >= 0.6 is 0 Å². The van der Waals surface area contributed by atoms with Crippen molar-refractivity contribution < 1.29 is 64.1 Å². The molecule has 15 heteroatoms. The van der Waals surface area contributed by atoms with Crippen LogP contribution in [0.3, 0.4) is 0 Å². The van der Waals surface area contributed by atoms with Crippen molar-refractivity contribution in [2.75, 3.05) is 12.4 Å². The molecule has 9 unspecified atom stereocenters. The molecule has 0 aromatic heterocycles. The number of allylic oxidation sites excluding steroid dienone is 2. The standard InChI is InChI=1S/C38H48N2O13/c1-16-11-10-12-17(2)37(48)40-28-23(15-39-49)32(45)25-26(33(28)46)31(44)21(6)35-27(25)36(47)38(8,53-35)51-14-13-24(50-9)18(3)34(52-22(7)41)20(5)30(43)19(4)29(16)42/h10-16,18-20,24,29-30,34,42-46,49H,1-9H3,(H,40,48)/b11-10+,14-13+,17-12+,39-15+. The smallest absolute Gasteiger partial charge is 0.312 e. The number of nitrogens with one attached hydrogen (secondary N) is 1. The molecular weight excluding hydrogens is 692 g/mol. The summed E-state index contributed by atoms with van der Waals surface area (Å²) in [6.45, 7) is 12.2. The van der Waals surface area contributed by atoms with E-state index >= 15 is 0 Å². The van der Waals surface area contributed by atoms with E-state index in [1.165, 1.54) is 53.0 Å². The molecule has 288 valence electrons. The molecule has 5 bridgehead atoms. The average Bonchev–Trinajstić information content (AvgIpc) is 3.38. The van der Waals surface area contributed by atoms with Gasteiger partial charge in [0.1, 0.15) is 23.4 Å². The number of benzene rings is 2. The number of phenols is 3. The summed E-state index contributed by atoms with van der Waals surface area (Å²) in [5.74, 6) is -9.00. The van der Waals surface area contributed by atoms with Crippen molar-refractivity contribution in [2.24, 2.45) is 28.8 Å². The highest BCUT2D eigenvalue weighted by molar-refractivity contribution is 6.23. The van der Waals surface area contributed by atoms with Crippen molar-refractivity contribution in [1.29, 1.82) is 0 Å². The lowest BCUT2D eigenvalue weighted by molar-refractivity contribution is -0.160. The van der Waals surface area contributed by atoms with Crippen molar-refractivity contribution in [2.45, 2.75) is 85.6 Å². The number of aromatic hydroxyl groups is 3. The molecule has 0 aliphatic carbocycles. The van der Waals surface area contributed by atoms with E-state index < -0.39 is 105 Å². The number of esters is 1. The Morgan fingerprint density at radius 3 is 2.23 bits per heavy atom. The quantitative estimate of drug-likeness (QED) is 0.0572. The number of amides is 1. The minimum atomic E-state index is -2.07. The molecule has 0 fully saturated rings. The summed E-state index contributed by atoms with van der Waals surface area (Å²) in [6.07, 6.45) is 4.01. The topological polar surface area (TPSA) is 234 Å². The largest absolute Gasteiger partial charge is 0.507 e. The first-order valence-corrected chi connectivity index (χ1v) is 17.1. The predicted molar refractivity (Wildman–Crippen MR) is 193 cm³/mol. The molecule has 1 amide bonds. The van der Waals surface area contributed by atoms with Gasteiger partial charge < -0.3 is 55.0 Å². The number of fused-ring (bicyclic) bond motifs is 14. The first kappa shape index (κ1) is 40.6. The molecule has 0 spiro atoms. The summed E-state index contributed by atoms with van der Waals surface area (Å²) in [4.78, 5) is 39.7. The minimum Gasteiger partial charge on any atom is -0.507 e. The highest BCUT2D eigenvalue weighted by atomic mass is 16.7. The maximum absolute atomic E-state index is 14.1. The Labute approximate surface area is 306 Å². The van der Waals surface area contributed by atoms with Gasteiger partial charge in [0.05, 0.1) is 53.0 Å². The Morgan fingerprint density at radius 2 is 1.62 bits per heavy atom. The monoisotopic (exact) mass is 740 g/mol. The molecule has 0 radical (unpaired) electrons. The molecule has 15 nitrogen and oxygen atoms in total. The maximum atomic E-state index is 14.1. The Bertz CT molecular complexity index is 1900. The number of rotatable bonds is 3. The number of Topliss-reactive ketones (excluding diaryl/α,β-unsaturated/α-hetero) is 1. The van der Waals surface area contributed by atoms with Gasteiger partial charge in [0.25, 0.3) is 11.7 Å². The molecule has 9 atom stereocenters. The number of hydrogen-bond acceptors (Lipinski definition) is 14. The molecule has 3 aliphatic heterocycles. The first-order chi connectivity index (χ1) is 24.8. The summed E-state index contributed by atoms with van der Waals surface area (Å²) in [7, 11) is 1.41. The zero-order chi connectivity index (χ0) is 39.7. The fraction of sp³-hybridized carbons (Fsp3) is 0.474. The zero-order valence-electron chi connectivity index (χ0n) is 31.1. The molecule has 0 saturated carbocycles. The van der Waals surface area contributed by atoms with Gasteiger partial charge in [0, 0.05) is 61.2 Å². The van der Waals surface area contributed by atoms with E-state index in [2.05, 4.69) is 10.5 Å². The number of anilines is 1. The van der Waals surface area contributed by atoms with Gasteiger partial charge >= 0.3 is 11.8 Å². The SMILES string of the molecule is COC1/C=C/OC2(C)Oc3c(C)c(O)c4c(O)c(c(/C=N/O)c(O)c4c3C2=O)NC(=O)/C(C)=C/C=C/C(C)C(O)C(C)C(O)C(C)C(OC(C)=O)C1C. The van der Waals surface area contributed by atoms with Crippen LogP contribution in [0, 0.1) is 30.6 Å². The van der Waals surface area contributed by atoms with Gasteiger partial charge in [-0.2, -0.15) is 0 Å². The number of aliphatic hydroxyl groups is 2. The number of hydrogen-bond donors (Lipinski definition) is 7. The number of aliphatic hydroxyl groups excluding tert-OH is 2. The Hall–Kier alpha value is -5.12. The van der Waals surface area contributed by atoms with E-state index in [1.807, 2.05) is 0 Å². The van der Waals surface area contributed by atoms with E-state index in [-0.39, 0.29) is 27.8 Å². The number of carbonyl (C=O) groups excluding carboxylic acids is 3. The lowest BCUT2D eigenvalue weighted by Gasteiger charge is -2.38. The molecule has 3 aliphatic rings. The molecule has 2 aromatic rings. The van der Waals surface area contributed by atoms with Crippen LogP contribution in [-0.2, 0) is 23.8 Å². The van der Waals surface area contributed by atoms with Gasteiger partial charge in [-0.25, -0.2) is 0 Å². The summed E-state index contributed by atoms with van der Waals surface area (Å²) >= 11 is 0. The van der Waals surface area contributed by atoms with Crippen molar-refractivity contribution in [1.82, 2.24) is 0 Å². The van der Waals surface area contributed by atoms with Crippen molar-refractivity contribution in [3.8, 4) is 23.0 Å². The van der Waals surface area contributed by atoms with Crippen LogP contribution in [0.1, 0.15) is 70.0 Å². The van der Waals surface area contributed by atoms with Crippen molar-refractivity contribution >= 4 is 40.3 Å². The lowest BCUT2D eigenvalue weighted by Crippen LogP contribution is -2.46. The number of methoxy groups -OCH3 is 1. The maximum Gasteiger partial charge on any atom is 0.312 e. The van der Waals surface area contributed by atoms with Gasteiger partial charge in [0.15, 0.2) is 5.75 Å². The van der Waals surface area contributed by atoms with Crippen molar-refractivity contribution in [3.05, 3.63) is 52.8 Å². The molecule has 53 heavy (non-hydrogen) atoms. The fourth-order valence-electron chi connectivity index (χ4n) is 6.93. The van der Waals surface area contributed by atoms with Crippen LogP contribution < -0.4 is 10.1 Å². The summed E-state index contributed by atoms with van der Waals surface area (Å²) in [6, 6.07) is 0. The van der Waals surface area contributed by atoms with Crippen LogP contribution in [0.25, 0.3) is 10.8 Å². The predicted octanol–water partition coefficient (Wildman–Crippen LogP) is 4.56. The lowest BCUT2D eigenvalue weighted by atomic mass is 9.78. The van der Waals surface area contributed by atoms with E-state index in [0.717, 1.165) is 12.5 Å². The third-order valence-corrected chi connectivity index (χ3v) is 10.2. The van der Waals surface area contributed by atoms with Crippen LogP contribution in [0.2, 0.25) is 0 Å². The normalized spacial score (nSPS) is 32.2. The average molecular weight is 741 g/mol. The fourth-order valence-corrected chi connectivity index (χ4v) is 6.93. The number of oxime groups is 1. The molecule has 3 heterocycles. The molecule has 0 saturated heterocycles. The number of carbonyl (C=O) groups is 3. The van der Waals surface area contributed by atoms with Crippen molar-refractivity contribution in [3.63, 3.8) is 0 Å². The van der Waals surface area contributed by atoms with Crippen LogP contribution in [0.5, 0.6) is 23.0 Å². The number of nitrogens with zero attached hydrogens (tertiary/aromatic N) is 1. The Kier molecular flexibility index (Phi) is 12.2. The molecule has 7 N–H and O–H groups in total. The number of ether oxygens (including phenoxy) is 4. The number of phenolic OH excluding ortho intramolecular Hbond substituents is 3. The van der Waals surface area contributed by atoms with Gasteiger partial charge in [-0.15, -0.1) is 0 Å². The Morgan fingerprint density at radius 1 is 0.962 bits per heavy atom. The van der Waals surface area contributed by atoms with Crippen LogP contribution in [0.4, 0.5) is 5.69 Å². The third kappa shape index (κ3) is 7.54. The highest BCUT2D eigenvalue weighted by Gasteiger charge is 2.50. The molecule has 5 rings (SSSR count). The number of ketones is 1.